The first-order valence-corrected chi connectivity index (χ1v) is 9.69. The molecule has 2 aromatic heterocycles. The first kappa shape index (κ1) is 18.8. The largest absolute Gasteiger partial charge is 0.339 e. The summed E-state index contributed by atoms with van der Waals surface area (Å²) in [5, 5.41) is 8.92. The fraction of sp³-hybridized carbons (Fsp3) is 0.261. The highest BCUT2D eigenvalue weighted by Gasteiger charge is 2.27. The van der Waals surface area contributed by atoms with Crippen LogP contribution in [-0.4, -0.2) is 38.8 Å². The zero-order valence-corrected chi connectivity index (χ0v) is 16.2. The number of carbonyl (C=O) groups excluding carboxylic acids is 1. The highest BCUT2D eigenvalue weighted by molar-refractivity contribution is 5.94. The molecule has 4 rings (SSSR count). The molecule has 0 spiro atoms. The molecule has 1 aromatic carbocycles. The molecule has 1 fully saturated rings. The van der Waals surface area contributed by atoms with Crippen LogP contribution in [-0.2, 0) is 0 Å². The van der Waals surface area contributed by atoms with E-state index >= 15 is 0 Å². The maximum absolute atomic E-state index is 12.8. The summed E-state index contributed by atoms with van der Waals surface area (Å²) < 4.78 is 0. The van der Waals surface area contributed by atoms with Gasteiger partial charge in [0.1, 0.15) is 5.82 Å². The Balaban J connectivity index is 1.51. The number of hydrogen-bond donors (Lipinski definition) is 0. The molecular formula is C23H21N5O. The molecule has 1 amide bonds. The Labute approximate surface area is 169 Å². The number of likely N-dealkylation sites (tertiary alicyclic amines) is 1. The van der Waals surface area contributed by atoms with Crippen molar-refractivity contribution >= 4 is 5.91 Å². The third-order valence-corrected chi connectivity index (χ3v) is 5.36. The van der Waals surface area contributed by atoms with E-state index in [0.29, 0.717) is 24.2 Å². The van der Waals surface area contributed by atoms with Gasteiger partial charge in [0.05, 0.1) is 17.3 Å². The third kappa shape index (κ3) is 3.99. The van der Waals surface area contributed by atoms with Crippen molar-refractivity contribution in [1.82, 2.24) is 19.9 Å². The van der Waals surface area contributed by atoms with Gasteiger partial charge < -0.3 is 4.90 Å². The number of nitriles is 1. The number of aromatic nitrogens is 3. The minimum Gasteiger partial charge on any atom is -0.339 e. The zero-order chi connectivity index (χ0) is 20.2. The van der Waals surface area contributed by atoms with E-state index in [-0.39, 0.29) is 11.8 Å². The van der Waals surface area contributed by atoms with E-state index in [2.05, 4.69) is 16.0 Å². The number of benzene rings is 1. The highest BCUT2D eigenvalue weighted by atomic mass is 16.2. The molecule has 0 saturated carbocycles. The molecule has 0 atom stereocenters. The summed E-state index contributed by atoms with van der Waals surface area (Å²) >= 11 is 0. The minimum atomic E-state index is 0.0150. The van der Waals surface area contributed by atoms with Crippen molar-refractivity contribution in [3.8, 4) is 17.2 Å². The standard InChI is InChI=1S/C23H21N5O/c1-16-26-15-21(18-6-10-25-11-7-18)22(27-16)19-8-12-28(13-9-19)23(29)20-4-2-17(14-24)3-5-20/h2-7,10-11,15,19H,8-9,12-13H2,1H3. The first-order valence-electron chi connectivity index (χ1n) is 9.69. The van der Waals surface area contributed by atoms with E-state index in [0.717, 1.165) is 35.5 Å². The summed E-state index contributed by atoms with van der Waals surface area (Å²) in [5.41, 5.74) is 4.33. The Bertz CT molecular complexity index is 1050. The lowest BCUT2D eigenvalue weighted by Crippen LogP contribution is -2.38. The van der Waals surface area contributed by atoms with Crippen LogP contribution in [0.15, 0.2) is 55.0 Å². The number of aryl methyl sites for hydroxylation is 1. The molecule has 3 heterocycles. The normalized spacial score (nSPS) is 14.4. The van der Waals surface area contributed by atoms with Gasteiger partial charge in [-0.15, -0.1) is 0 Å². The van der Waals surface area contributed by atoms with E-state index in [1.165, 1.54) is 0 Å². The van der Waals surface area contributed by atoms with Crippen LogP contribution in [0.5, 0.6) is 0 Å². The summed E-state index contributed by atoms with van der Waals surface area (Å²) in [5.74, 6) is 1.06. The highest BCUT2D eigenvalue weighted by Crippen LogP contribution is 2.34. The summed E-state index contributed by atoms with van der Waals surface area (Å²) in [6.07, 6.45) is 7.16. The van der Waals surface area contributed by atoms with Gasteiger partial charge in [0.15, 0.2) is 0 Å². The van der Waals surface area contributed by atoms with Crippen LogP contribution in [0.4, 0.5) is 0 Å². The van der Waals surface area contributed by atoms with Crippen LogP contribution in [0.1, 0.15) is 46.2 Å². The molecule has 144 valence electrons. The van der Waals surface area contributed by atoms with Gasteiger partial charge in [-0.25, -0.2) is 9.97 Å². The summed E-state index contributed by atoms with van der Waals surface area (Å²) in [4.78, 5) is 27.9. The van der Waals surface area contributed by atoms with Crippen molar-refractivity contribution in [3.63, 3.8) is 0 Å². The van der Waals surface area contributed by atoms with Crippen LogP contribution in [0, 0.1) is 18.3 Å². The van der Waals surface area contributed by atoms with Crippen molar-refractivity contribution in [2.75, 3.05) is 13.1 Å². The Kier molecular flexibility index (Phi) is 5.30. The average molecular weight is 383 g/mol. The summed E-state index contributed by atoms with van der Waals surface area (Å²) in [6, 6.07) is 12.8. The number of hydrogen-bond acceptors (Lipinski definition) is 5. The molecule has 3 aromatic rings. The molecule has 0 bridgehead atoms. The van der Waals surface area contributed by atoms with Crippen molar-refractivity contribution in [1.29, 1.82) is 5.26 Å². The number of carbonyl (C=O) groups is 1. The number of piperidine rings is 1. The molecule has 0 unspecified atom stereocenters. The Morgan fingerprint density at radius 2 is 1.79 bits per heavy atom. The fourth-order valence-electron chi connectivity index (χ4n) is 3.78. The van der Waals surface area contributed by atoms with Crippen LogP contribution in [0.25, 0.3) is 11.1 Å². The second kappa shape index (κ2) is 8.19. The molecular weight excluding hydrogens is 362 g/mol. The van der Waals surface area contributed by atoms with E-state index in [1.807, 2.05) is 30.2 Å². The quantitative estimate of drug-likeness (QED) is 0.688. The number of rotatable bonds is 3. The lowest BCUT2D eigenvalue weighted by atomic mass is 9.89. The van der Waals surface area contributed by atoms with Gasteiger partial charge in [-0.3, -0.25) is 9.78 Å². The molecule has 6 heteroatoms. The van der Waals surface area contributed by atoms with E-state index in [4.69, 9.17) is 10.2 Å². The van der Waals surface area contributed by atoms with Gasteiger partial charge in [0.25, 0.3) is 5.91 Å². The van der Waals surface area contributed by atoms with Crippen molar-refractivity contribution < 1.29 is 4.79 Å². The van der Waals surface area contributed by atoms with Crippen molar-refractivity contribution in [2.45, 2.75) is 25.7 Å². The zero-order valence-electron chi connectivity index (χ0n) is 16.2. The second-order valence-corrected chi connectivity index (χ2v) is 7.21. The molecule has 1 aliphatic heterocycles. The smallest absolute Gasteiger partial charge is 0.253 e. The molecule has 0 radical (unpaired) electrons. The third-order valence-electron chi connectivity index (χ3n) is 5.36. The Morgan fingerprint density at radius 3 is 2.45 bits per heavy atom. The lowest BCUT2D eigenvalue weighted by Gasteiger charge is -2.32. The number of amides is 1. The summed E-state index contributed by atoms with van der Waals surface area (Å²) in [6.45, 7) is 3.27. The molecule has 0 aliphatic carbocycles. The fourth-order valence-corrected chi connectivity index (χ4v) is 3.78. The van der Waals surface area contributed by atoms with Crippen LogP contribution < -0.4 is 0 Å². The van der Waals surface area contributed by atoms with Gasteiger partial charge >= 0.3 is 0 Å². The topological polar surface area (TPSA) is 82.8 Å². The van der Waals surface area contributed by atoms with Crippen molar-refractivity contribution in [2.24, 2.45) is 0 Å². The molecule has 0 N–H and O–H groups in total. The predicted molar refractivity (Wildman–Crippen MR) is 109 cm³/mol. The van der Waals surface area contributed by atoms with Gasteiger partial charge in [-0.2, -0.15) is 5.26 Å². The SMILES string of the molecule is Cc1ncc(-c2ccncc2)c(C2CCN(C(=O)c3ccc(C#N)cc3)CC2)n1. The number of nitrogens with zero attached hydrogens (tertiary/aromatic N) is 5. The maximum atomic E-state index is 12.8. The van der Waals surface area contributed by atoms with Gasteiger partial charge in [-0.1, -0.05) is 0 Å². The summed E-state index contributed by atoms with van der Waals surface area (Å²) in [7, 11) is 0. The van der Waals surface area contributed by atoms with Gasteiger partial charge in [-0.05, 0) is 61.7 Å². The van der Waals surface area contributed by atoms with Crippen LogP contribution >= 0.6 is 0 Å². The second-order valence-electron chi connectivity index (χ2n) is 7.21. The minimum absolute atomic E-state index is 0.0150. The Morgan fingerprint density at radius 1 is 1.10 bits per heavy atom. The van der Waals surface area contributed by atoms with Crippen LogP contribution in [0.3, 0.4) is 0 Å². The molecule has 1 aliphatic rings. The van der Waals surface area contributed by atoms with Crippen molar-refractivity contribution in [3.05, 3.63) is 77.6 Å². The predicted octanol–water partition coefficient (Wildman–Crippen LogP) is 3.74. The molecule has 6 nitrogen and oxygen atoms in total. The molecule has 1 saturated heterocycles. The number of pyridine rings is 1. The maximum Gasteiger partial charge on any atom is 0.253 e. The monoisotopic (exact) mass is 383 g/mol. The Hall–Kier alpha value is -3.59. The lowest BCUT2D eigenvalue weighted by molar-refractivity contribution is 0.0712. The van der Waals surface area contributed by atoms with E-state index in [9.17, 15) is 4.79 Å². The van der Waals surface area contributed by atoms with Crippen LogP contribution in [0.2, 0.25) is 0 Å². The average Bonchev–Trinajstić information content (AvgIpc) is 2.79. The first-order chi connectivity index (χ1) is 14.2. The van der Waals surface area contributed by atoms with Gasteiger partial charge in [0.2, 0.25) is 0 Å². The molecule has 29 heavy (non-hydrogen) atoms. The van der Waals surface area contributed by atoms with Gasteiger partial charge in [0, 0.05) is 48.7 Å². The van der Waals surface area contributed by atoms with E-state index in [1.54, 1.807) is 36.7 Å². The van der Waals surface area contributed by atoms with E-state index < -0.39 is 0 Å².